The van der Waals surface area contributed by atoms with Gasteiger partial charge in [0, 0.05) is 81.9 Å². The zero-order valence-corrected chi connectivity index (χ0v) is 78.9. The number of oxazole rings is 2. The molecule has 23 aromatic rings. The number of halogens is 1. The van der Waals surface area contributed by atoms with Gasteiger partial charge in [0.15, 0.2) is 69.1 Å². The molecule has 0 unspecified atom stereocenters. The molecule has 0 saturated heterocycles. The van der Waals surface area contributed by atoms with Gasteiger partial charge in [-0.05, 0) is 90.0 Å². The molecule has 24 rings (SSSR count). The van der Waals surface area contributed by atoms with Crippen molar-refractivity contribution in [3.63, 3.8) is 0 Å². The van der Waals surface area contributed by atoms with Gasteiger partial charge in [-0.25, -0.2) is 29.7 Å². The summed E-state index contributed by atoms with van der Waals surface area (Å²) in [7, 11) is 6.61. The number of carbonyl (C=O) groups excluding carboxylic acids is 1. The second-order valence-electron chi connectivity index (χ2n) is 32.7. The van der Waals surface area contributed by atoms with E-state index in [0.717, 1.165) is 83.7 Å². The van der Waals surface area contributed by atoms with Gasteiger partial charge in [0.2, 0.25) is 17.7 Å². The highest BCUT2D eigenvalue weighted by Crippen LogP contribution is 2.45. The Morgan fingerprint density at radius 2 is 0.837 bits per heavy atom. The predicted molar refractivity (Wildman–Crippen MR) is 555 cm³/mol. The Kier molecular flexibility index (Phi) is 27.5. The first-order valence-corrected chi connectivity index (χ1v) is 45.6. The van der Waals surface area contributed by atoms with Crippen LogP contribution < -0.4 is 19.9 Å². The van der Waals surface area contributed by atoms with Crippen molar-refractivity contribution >= 4 is 67.9 Å². The molecular formula is C110H84ClN23O13. The van der Waals surface area contributed by atoms with Crippen molar-refractivity contribution in [2.45, 2.75) is 6.42 Å². The summed E-state index contributed by atoms with van der Waals surface area (Å²) in [5.41, 5.74) is 26.7. The molecule has 724 valence electrons. The number of aliphatic imine (C=N–C) groups is 1. The van der Waals surface area contributed by atoms with Crippen LogP contribution in [0.3, 0.4) is 0 Å². The van der Waals surface area contributed by atoms with Crippen LogP contribution in [-0.4, -0.2) is 170 Å². The summed E-state index contributed by atoms with van der Waals surface area (Å²) in [6, 6.07) is 96.5. The minimum absolute atomic E-state index is 0.00395. The van der Waals surface area contributed by atoms with E-state index in [1.165, 1.54) is 6.07 Å². The molecule has 1 aliphatic rings. The van der Waals surface area contributed by atoms with E-state index in [-0.39, 0.29) is 40.2 Å². The highest BCUT2D eigenvalue weighted by atomic mass is 35.5. The van der Waals surface area contributed by atoms with E-state index in [0.29, 0.717) is 154 Å². The number of nitrogens with one attached hydrogen (secondary N) is 8. The number of aromatic nitrogens is 20. The number of nitriles is 1. The first-order chi connectivity index (χ1) is 71.7. The van der Waals surface area contributed by atoms with Crippen LogP contribution in [0.5, 0.6) is 46.0 Å². The van der Waals surface area contributed by atoms with Crippen molar-refractivity contribution < 1.29 is 63.3 Å². The number of nitrogens with zero attached hydrogens (tertiary/aromatic N) is 14. The minimum atomic E-state index is -0.979. The number of carboxylic acids is 1. The van der Waals surface area contributed by atoms with Crippen molar-refractivity contribution in [2.24, 2.45) is 17.8 Å². The number of nitrogens with two attached hydrogens (primary N) is 1. The number of carbonyl (C=O) groups is 2. The summed E-state index contributed by atoms with van der Waals surface area (Å²) in [5, 5.41) is 111. The molecule has 16 N–H and O–H groups in total. The number of benzene rings is 12. The highest BCUT2D eigenvalue weighted by molar-refractivity contribution is 6.33. The number of amides is 1. The third kappa shape index (κ3) is 20.4. The average molecular weight is 1970 g/mol. The molecular weight excluding hydrogens is 1890 g/mol. The number of hydrogen-bond acceptors (Lipinski definition) is 25. The Labute approximate surface area is 838 Å². The molecule has 12 heterocycles. The van der Waals surface area contributed by atoms with Crippen LogP contribution in [0, 0.1) is 11.3 Å². The standard InChI is InChI=1S/C19H16N4O3.C19H15N3O.C18H12ClN3O2.C18H15N5O3.C18H13N5O2.C18H13N3O2/c1-23-16(17(26-2)15(22-23)11-6-4-3-5-7-11)18-20-13-9-8-12(19(24)25)10-14(13)21-18;23-19-17(14-9-5-2-6-10-14)21-22-18(19)16-11-15(12-20-16)13-7-3-1-4-8-13;19-13-9-5-4-8-12(13)14-10-20-18(24-14)16-17(23)15(21-22-16)11-6-2-1-3-7-11;1-26-11-6-7-12-13(8-11)21-18(20-12)15-16(24)14(22-23-15)9-2-4-10(5-3-9)17(19)25;1-25-12-6-7-13-14(8-12)21-18(20-13)16-17(24)15(22-23-16)11-4-2-10(9-19)3-5-11;22-17-15(13-9-5-2-6-10-13)20-21-16(17)18-19-14(11-23-18)12-7-3-1-4-8-12/h3-10H,1-2H3,(H,20,21)(H,24,25);1-10,12,23H,11H2,(H,21,22);1-10,23H,(H,21,22);2-8,24H,1H3,(H2,19,25)(H,20,21)(H,22,23);2-8,24H,1H3,(H,20,21)(H,22,23);1-11,22H,(H,20,21). The zero-order valence-electron chi connectivity index (χ0n) is 78.1. The van der Waals surface area contributed by atoms with Crippen molar-refractivity contribution in [2.75, 3.05) is 21.3 Å². The molecule has 0 saturated carbocycles. The Balaban J connectivity index is 0.000000111. The van der Waals surface area contributed by atoms with Gasteiger partial charge in [-0.1, -0.05) is 230 Å². The summed E-state index contributed by atoms with van der Waals surface area (Å²) < 4.78 is 29.0. The van der Waals surface area contributed by atoms with Gasteiger partial charge in [0.05, 0.1) is 88.6 Å². The maximum Gasteiger partial charge on any atom is 0.335 e. The van der Waals surface area contributed by atoms with Gasteiger partial charge >= 0.3 is 5.97 Å². The molecule has 0 fully saturated rings. The third-order valence-electron chi connectivity index (χ3n) is 23.4. The number of aromatic carboxylic acids is 1. The number of aryl methyl sites for hydroxylation is 1. The fourth-order valence-electron chi connectivity index (χ4n) is 16.0. The molecule has 36 nitrogen and oxygen atoms in total. The fourth-order valence-corrected chi connectivity index (χ4v) is 16.2. The third-order valence-corrected chi connectivity index (χ3v) is 23.8. The van der Waals surface area contributed by atoms with Crippen LogP contribution in [0.2, 0.25) is 5.02 Å². The van der Waals surface area contributed by atoms with Gasteiger partial charge in [-0.2, -0.15) is 35.9 Å². The van der Waals surface area contributed by atoms with E-state index >= 15 is 0 Å². The van der Waals surface area contributed by atoms with E-state index in [1.807, 2.05) is 238 Å². The van der Waals surface area contributed by atoms with E-state index in [9.17, 15) is 35.1 Å². The van der Waals surface area contributed by atoms with E-state index in [1.54, 1.807) is 105 Å². The number of imidazole rings is 3. The number of aromatic amines is 8. The van der Waals surface area contributed by atoms with Gasteiger partial charge in [-0.3, -0.25) is 40.0 Å². The smallest absolute Gasteiger partial charge is 0.335 e. The monoisotopic (exact) mass is 1970 g/mol. The summed E-state index contributed by atoms with van der Waals surface area (Å²) >= 11 is 6.17. The molecule has 0 aliphatic carbocycles. The lowest BCUT2D eigenvalue weighted by Gasteiger charge is -2.03. The Morgan fingerprint density at radius 3 is 1.31 bits per heavy atom. The SMILES string of the molecule is COc1c(-c2ccccc2)nn(C)c1-c1nc2ccc(C(=O)O)cc2[nH]1.COc1ccc2nc(-c3[nH]nc(-c4ccc(C#N)cc4)c3O)[nH]c2c1.COc1ccc2nc(-c3[nH]nc(-c4ccc(C(N)=O)cc4)c3O)[nH]c2c1.Oc1c(-c2ccccc2)n[nH]c1-c1nc(-c2ccccc2)co1.Oc1c(-c2ccccc2)n[nH]c1-c1ncc(-c2ccccc2Cl)o1.Oc1c(-c2ccccc2)n[nH]c1C1=NC=C(c2ccccc2)C1. The van der Waals surface area contributed by atoms with Crippen molar-refractivity contribution in [3.8, 4) is 200 Å². The van der Waals surface area contributed by atoms with Crippen LogP contribution in [-0.2, 0) is 7.05 Å². The first kappa shape index (κ1) is 95.2. The maximum atomic E-state index is 11.2. The van der Waals surface area contributed by atoms with Crippen LogP contribution in [0.1, 0.15) is 44.0 Å². The lowest BCUT2D eigenvalue weighted by molar-refractivity contribution is 0.0696. The summed E-state index contributed by atoms with van der Waals surface area (Å²) in [6.07, 6.45) is 5.66. The van der Waals surface area contributed by atoms with E-state index in [2.05, 4.69) is 119 Å². The molecule has 0 bridgehead atoms. The molecule has 12 aromatic carbocycles. The number of methoxy groups -OCH3 is 3. The molecule has 1 amide bonds. The largest absolute Gasteiger partial charge is 0.504 e. The zero-order chi connectivity index (χ0) is 102. The molecule has 11 aromatic heterocycles. The van der Waals surface area contributed by atoms with E-state index < -0.39 is 11.9 Å². The second kappa shape index (κ2) is 42.5. The number of allylic oxidation sites excluding steroid dienone is 1. The first-order valence-electron chi connectivity index (χ1n) is 45.2. The quantitative estimate of drug-likeness (QED) is 0.0337. The number of H-pyrrole nitrogens is 8. The second-order valence-corrected chi connectivity index (χ2v) is 33.1. The highest BCUT2D eigenvalue weighted by Gasteiger charge is 2.29. The van der Waals surface area contributed by atoms with Crippen LogP contribution in [0.4, 0.5) is 0 Å². The number of ether oxygens (including phenoxy) is 3. The van der Waals surface area contributed by atoms with Crippen LogP contribution in [0.25, 0.3) is 187 Å². The molecule has 37 heteroatoms. The van der Waals surface area contributed by atoms with Crippen molar-refractivity contribution in [1.29, 1.82) is 5.26 Å². The number of fused-ring (bicyclic) bond motifs is 3. The summed E-state index contributed by atoms with van der Waals surface area (Å²) in [6.45, 7) is 0. The number of hydrogen-bond donors (Lipinski definition) is 15. The lowest BCUT2D eigenvalue weighted by atomic mass is 10.0. The molecule has 0 radical (unpaired) electrons. The van der Waals surface area contributed by atoms with Crippen LogP contribution >= 0.6 is 11.6 Å². The predicted octanol–water partition coefficient (Wildman–Crippen LogP) is 21.9. The topological polar surface area (TPSA) is 545 Å². The Bertz CT molecular complexity index is 8760. The van der Waals surface area contributed by atoms with Gasteiger partial charge < -0.3 is 74.4 Å². The van der Waals surface area contributed by atoms with Gasteiger partial charge in [0.1, 0.15) is 80.4 Å². The minimum Gasteiger partial charge on any atom is -0.504 e. The average Bonchev–Trinajstić information content (AvgIpc) is 1.72. The summed E-state index contributed by atoms with van der Waals surface area (Å²) in [5.74, 6) is 3.24. The summed E-state index contributed by atoms with van der Waals surface area (Å²) in [4.78, 5) is 58.4. The van der Waals surface area contributed by atoms with Gasteiger partial charge in [0.25, 0.3) is 0 Å². The van der Waals surface area contributed by atoms with Crippen molar-refractivity contribution in [1.82, 2.24) is 101 Å². The normalized spacial score (nSPS) is 11.3. The molecule has 0 spiro atoms. The molecule has 1 aliphatic heterocycles. The lowest BCUT2D eigenvalue weighted by Crippen LogP contribution is -2.10. The molecule has 147 heavy (non-hydrogen) atoms. The van der Waals surface area contributed by atoms with Crippen LogP contribution in [0.15, 0.2) is 342 Å². The number of carboxylic acid groups (broad SMARTS) is 1. The fraction of sp³-hybridized carbons (Fsp3) is 0.0455. The van der Waals surface area contributed by atoms with Gasteiger partial charge in [-0.15, -0.1) is 0 Å². The maximum absolute atomic E-state index is 11.2. The number of aromatic hydroxyl groups is 5. The van der Waals surface area contributed by atoms with E-state index in [4.69, 9.17) is 50.7 Å². The van der Waals surface area contributed by atoms with Crippen molar-refractivity contribution in [3.05, 3.63) is 361 Å². The Hall–Kier alpha value is -20.7. The number of primary amides is 1. The molecule has 0 atom stereocenters. The Morgan fingerprint density at radius 1 is 0.435 bits per heavy atom. The number of rotatable bonds is 20.